The Morgan fingerprint density at radius 3 is 1.88 bits per heavy atom. The molecule has 0 radical (unpaired) electrons. The number of ether oxygens (including phenoxy) is 1. The number of hydrogen-bond acceptors (Lipinski definition) is 2. The van der Waals surface area contributed by atoms with Crippen molar-refractivity contribution in [3.05, 3.63) is 53.6 Å². The molecule has 33 heavy (non-hydrogen) atoms. The Bertz CT molecular complexity index is 898. The zero-order valence-electron chi connectivity index (χ0n) is 19.6. The molecule has 0 spiro atoms. The van der Waals surface area contributed by atoms with E-state index in [4.69, 9.17) is 14.5 Å². The van der Waals surface area contributed by atoms with E-state index in [1.165, 1.54) is 12.1 Å². The van der Waals surface area contributed by atoms with Crippen LogP contribution >= 0.6 is 7.60 Å². The first-order valence-corrected chi connectivity index (χ1v) is 13.9. The maximum absolute atomic E-state index is 14.4. The number of unbranched alkanes of at least 4 members (excludes halogenated alkanes) is 8. The Morgan fingerprint density at radius 1 is 0.788 bits per heavy atom. The molecule has 0 saturated carbocycles. The summed E-state index contributed by atoms with van der Waals surface area (Å²) >= 11 is 0. The van der Waals surface area contributed by atoms with Crippen LogP contribution in [0.3, 0.4) is 0 Å². The molecule has 0 aliphatic heterocycles. The first-order valence-electron chi connectivity index (χ1n) is 12.1. The van der Waals surface area contributed by atoms with Crippen molar-refractivity contribution >= 4 is 7.60 Å². The molecular weight excluding hydrogens is 445 g/mol. The first-order chi connectivity index (χ1) is 15.8. The van der Waals surface area contributed by atoms with E-state index < -0.39 is 13.4 Å². The molecule has 0 saturated heterocycles. The van der Waals surface area contributed by atoms with Gasteiger partial charge in [-0.1, -0.05) is 76.5 Å². The summed E-state index contributed by atoms with van der Waals surface area (Å²) in [5.41, 5.74) is 1.96. The molecule has 2 aromatic rings. The van der Waals surface area contributed by atoms with Gasteiger partial charge in [-0.05, 0) is 54.2 Å². The molecule has 0 heterocycles. The van der Waals surface area contributed by atoms with E-state index in [0.717, 1.165) is 57.8 Å². The Kier molecular flexibility index (Phi) is 12.1. The topological polar surface area (TPSA) is 66.8 Å². The summed E-state index contributed by atoms with van der Waals surface area (Å²) < 4.78 is 45.0. The standard InChI is InChI=1S/C26H37F2O4P/c1-2-12-21-13-14-22(19-24(21)27)23-15-16-26(25(28)20-23)32-17-10-8-6-4-3-5-7-9-11-18-33(29,30)31/h13-16,19-20H,2-12,17-18H2,1H3,(H2,29,30,31). The van der Waals surface area contributed by atoms with Crippen LogP contribution in [-0.4, -0.2) is 22.6 Å². The number of aryl methyl sites for hydroxylation is 1. The second-order valence-corrected chi connectivity index (χ2v) is 10.4. The Labute approximate surface area is 196 Å². The van der Waals surface area contributed by atoms with Crippen molar-refractivity contribution in [1.82, 2.24) is 0 Å². The highest BCUT2D eigenvalue weighted by Gasteiger charge is 2.11. The molecular formula is C26H37F2O4P. The second kappa shape index (κ2) is 14.5. The average Bonchev–Trinajstić information content (AvgIpc) is 2.76. The minimum Gasteiger partial charge on any atom is -0.491 e. The van der Waals surface area contributed by atoms with Gasteiger partial charge in [-0.2, -0.15) is 0 Å². The summed E-state index contributed by atoms with van der Waals surface area (Å²) in [6.45, 7) is 2.46. The number of rotatable bonds is 16. The monoisotopic (exact) mass is 482 g/mol. The fourth-order valence-corrected chi connectivity index (χ4v) is 4.47. The van der Waals surface area contributed by atoms with Gasteiger partial charge in [0.05, 0.1) is 6.61 Å². The fraction of sp³-hybridized carbons (Fsp3) is 0.538. The third kappa shape index (κ3) is 10.8. The maximum atomic E-state index is 14.4. The van der Waals surface area contributed by atoms with Gasteiger partial charge in [0.2, 0.25) is 0 Å². The molecule has 0 unspecified atom stereocenters. The van der Waals surface area contributed by atoms with Gasteiger partial charge in [0.25, 0.3) is 0 Å². The normalized spacial score (nSPS) is 11.7. The third-order valence-corrected chi connectivity index (χ3v) is 6.59. The van der Waals surface area contributed by atoms with Crippen LogP contribution < -0.4 is 4.74 Å². The van der Waals surface area contributed by atoms with Crippen molar-refractivity contribution < 1.29 is 27.9 Å². The minimum absolute atomic E-state index is 0.0129. The van der Waals surface area contributed by atoms with Gasteiger partial charge in [0.15, 0.2) is 11.6 Å². The highest BCUT2D eigenvalue weighted by Crippen LogP contribution is 2.35. The van der Waals surface area contributed by atoms with Crippen LogP contribution in [0.15, 0.2) is 36.4 Å². The van der Waals surface area contributed by atoms with Gasteiger partial charge >= 0.3 is 7.60 Å². The van der Waals surface area contributed by atoms with Gasteiger partial charge < -0.3 is 14.5 Å². The highest BCUT2D eigenvalue weighted by atomic mass is 31.2. The van der Waals surface area contributed by atoms with Gasteiger partial charge in [-0.25, -0.2) is 8.78 Å². The van der Waals surface area contributed by atoms with Crippen molar-refractivity contribution in [3.63, 3.8) is 0 Å². The summed E-state index contributed by atoms with van der Waals surface area (Å²) in [6, 6.07) is 9.81. The lowest BCUT2D eigenvalue weighted by atomic mass is 10.0. The molecule has 0 amide bonds. The molecule has 184 valence electrons. The quantitative estimate of drug-likeness (QED) is 0.190. The summed E-state index contributed by atoms with van der Waals surface area (Å²) in [4.78, 5) is 17.6. The Morgan fingerprint density at radius 2 is 1.33 bits per heavy atom. The van der Waals surface area contributed by atoms with Crippen LogP contribution in [-0.2, 0) is 11.0 Å². The van der Waals surface area contributed by atoms with E-state index in [-0.39, 0.29) is 17.7 Å². The Hall–Kier alpha value is -1.75. The van der Waals surface area contributed by atoms with Gasteiger partial charge in [0.1, 0.15) is 5.82 Å². The molecule has 0 atom stereocenters. The second-order valence-electron chi connectivity index (χ2n) is 8.62. The number of halogens is 2. The summed E-state index contributed by atoms with van der Waals surface area (Å²) in [7, 11) is -3.84. The average molecular weight is 483 g/mol. The molecule has 7 heteroatoms. The van der Waals surface area contributed by atoms with E-state index in [1.807, 2.05) is 13.0 Å². The van der Waals surface area contributed by atoms with Crippen LogP contribution in [0.1, 0.15) is 76.7 Å². The van der Waals surface area contributed by atoms with Crippen LogP contribution in [0.25, 0.3) is 11.1 Å². The molecule has 0 bridgehead atoms. The summed E-state index contributed by atoms with van der Waals surface area (Å²) in [5.74, 6) is -0.476. The predicted molar refractivity (Wildman–Crippen MR) is 130 cm³/mol. The van der Waals surface area contributed by atoms with Crippen molar-refractivity contribution in [1.29, 1.82) is 0 Å². The van der Waals surface area contributed by atoms with Crippen LogP contribution in [0.5, 0.6) is 5.75 Å². The largest absolute Gasteiger partial charge is 0.491 e. The van der Waals surface area contributed by atoms with Crippen LogP contribution in [0.4, 0.5) is 8.78 Å². The van der Waals surface area contributed by atoms with Crippen molar-refractivity contribution in [3.8, 4) is 16.9 Å². The SMILES string of the molecule is CCCc1ccc(-c2ccc(OCCCCCCCCCCCP(=O)(O)O)c(F)c2)cc1F. The number of hydrogen-bond donors (Lipinski definition) is 2. The fourth-order valence-electron chi connectivity index (χ4n) is 3.84. The Balaban J connectivity index is 1.61. The summed E-state index contributed by atoms with van der Waals surface area (Å²) in [6.07, 6.45) is 10.3. The summed E-state index contributed by atoms with van der Waals surface area (Å²) in [5, 5.41) is 0. The first kappa shape index (κ1) is 27.5. The van der Waals surface area contributed by atoms with E-state index in [9.17, 15) is 13.3 Å². The zero-order chi connectivity index (χ0) is 24.1. The van der Waals surface area contributed by atoms with Crippen molar-refractivity contribution in [2.45, 2.75) is 77.6 Å². The molecule has 0 fully saturated rings. The third-order valence-electron chi connectivity index (χ3n) is 5.69. The lowest BCUT2D eigenvalue weighted by Crippen LogP contribution is -1.99. The van der Waals surface area contributed by atoms with Crippen LogP contribution in [0, 0.1) is 11.6 Å². The molecule has 0 aromatic heterocycles. The predicted octanol–water partition coefficient (Wildman–Crippen LogP) is 7.65. The van der Waals surface area contributed by atoms with Crippen LogP contribution in [0.2, 0.25) is 0 Å². The minimum atomic E-state index is -3.84. The zero-order valence-corrected chi connectivity index (χ0v) is 20.5. The molecule has 2 aromatic carbocycles. The van der Waals surface area contributed by atoms with E-state index >= 15 is 0 Å². The molecule has 0 aliphatic carbocycles. The number of benzene rings is 2. The highest BCUT2D eigenvalue weighted by molar-refractivity contribution is 7.51. The van der Waals surface area contributed by atoms with E-state index in [0.29, 0.717) is 36.1 Å². The van der Waals surface area contributed by atoms with E-state index in [1.54, 1.807) is 18.2 Å². The lowest BCUT2D eigenvalue weighted by Gasteiger charge is -2.10. The van der Waals surface area contributed by atoms with Gasteiger partial charge in [-0.15, -0.1) is 0 Å². The molecule has 2 rings (SSSR count). The van der Waals surface area contributed by atoms with Crippen molar-refractivity contribution in [2.24, 2.45) is 0 Å². The lowest BCUT2D eigenvalue weighted by molar-refractivity contribution is 0.290. The molecule has 4 nitrogen and oxygen atoms in total. The molecule has 0 aliphatic rings. The molecule has 2 N–H and O–H groups in total. The van der Waals surface area contributed by atoms with Crippen molar-refractivity contribution in [2.75, 3.05) is 12.8 Å². The van der Waals surface area contributed by atoms with E-state index in [2.05, 4.69) is 0 Å². The smallest absolute Gasteiger partial charge is 0.325 e. The van der Waals surface area contributed by atoms with Gasteiger partial charge in [-0.3, -0.25) is 4.57 Å². The van der Waals surface area contributed by atoms with Gasteiger partial charge in [0, 0.05) is 6.16 Å². The maximum Gasteiger partial charge on any atom is 0.325 e.